The topological polar surface area (TPSA) is 158 Å². The van der Waals surface area contributed by atoms with Crippen LogP contribution in [-0.4, -0.2) is 45.4 Å². The van der Waals surface area contributed by atoms with Crippen LogP contribution in [0.3, 0.4) is 0 Å². The molecule has 3 aromatic rings. The van der Waals surface area contributed by atoms with Crippen molar-refractivity contribution < 1.29 is 27.8 Å². The molecular formula is C25H26ClFN4O5S. The number of nitrogens with two attached hydrogens (primary N) is 1. The van der Waals surface area contributed by atoms with Gasteiger partial charge >= 0.3 is 0 Å². The number of hydrogen-bond acceptors (Lipinski definition) is 7. The highest BCUT2D eigenvalue weighted by Gasteiger charge is 2.59. The molecule has 0 aliphatic heterocycles. The number of carbonyl (C=O) groups is 1. The summed E-state index contributed by atoms with van der Waals surface area (Å²) in [6, 6.07) is 7.68. The van der Waals surface area contributed by atoms with Gasteiger partial charge in [0.2, 0.25) is 0 Å². The molecule has 37 heavy (non-hydrogen) atoms. The fourth-order valence-corrected chi connectivity index (χ4v) is 8.16. The molecule has 3 atom stereocenters. The van der Waals surface area contributed by atoms with Gasteiger partial charge in [0.25, 0.3) is 5.91 Å². The summed E-state index contributed by atoms with van der Waals surface area (Å²) >= 11 is 6.29. The van der Waals surface area contributed by atoms with Crippen molar-refractivity contribution >= 4 is 38.7 Å². The van der Waals surface area contributed by atoms with Crippen LogP contribution in [0.25, 0.3) is 0 Å². The van der Waals surface area contributed by atoms with Crippen LogP contribution in [0.5, 0.6) is 0 Å². The van der Waals surface area contributed by atoms with E-state index in [4.69, 9.17) is 17.3 Å². The van der Waals surface area contributed by atoms with Crippen LogP contribution in [0.1, 0.15) is 48.0 Å². The number of benzene rings is 2. The van der Waals surface area contributed by atoms with Gasteiger partial charge in [0, 0.05) is 23.6 Å². The normalized spacial score (nSPS) is 26.1. The molecule has 9 nitrogen and oxygen atoms in total. The molecule has 6 N–H and O–H groups in total. The van der Waals surface area contributed by atoms with Gasteiger partial charge in [-0.05, 0) is 73.9 Å². The lowest BCUT2D eigenvalue weighted by molar-refractivity contribution is -0.147. The quantitative estimate of drug-likeness (QED) is 0.295. The van der Waals surface area contributed by atoms with E-state index in [1.54, 1.807) is 6.20 Å². The number of fused-ring (bicyclic) bond motifs is 2. The Morgan fingerprint density at radius 2 is 1.92 bits per heavy atom. The summed E-state index contributed by atoms with van der Waals surface area (Å²) in [5.41, 5.74) is 4.22. The van der Waals surface area contributed by atoms with Gasteiger partial charge in [0.05, 0.1) is 20.9 Å². The number of rotatable bonds is 6. The number of sulfone groups is 1. The van der Waals surface area contributed by atoms with E-state index in [-0.39, 0.29) is 45.5 Å². The number of nitrogens with one attached hydrogen (secondary N) is 2. The number of aliphatic hydroxyl groups is 2. The Bertz CT molecular complexity index is 1440. The number of H-pyrrole nitrogens is 1. The number of nitrogens with zero attached hydrogens (tertiary/aromatic N) is 1. The average molecular weight is 549 g/mol. The molecule has 196 valence electrons. The minimum Gasteiger partial charge on any atom is -0.396 e. The molecule has 2 saturated carbocycles. The number of aromatic amines is 1. The Kier molecular flexibility index (Phi) is 6.51. The molecule has 0 spiro atoms. The monoisotopic (exact) mass is 548 g/mol. The van der Waals surface area contributed by atoms with Gasteiger partial charge in [-0.3, -0.25) is 4.79 Å². The standard InChI is InChI=1S/C25H26ClFN4O5S/c26-18-5-1-13(24(33)31-16-4-6-19(27)20(28)12-16)9-21(18)37(35,36)17-10-14-2-3-15(11-17)25(14,34)22(32)23-29-7-8-30-23/h1,4-9,12,14-15,17,22,32,34H,2-3,10-11,28H2,(H,29,30)(H,31,33). The van der Waals surface area contributed by atoms with Crippen molar-refractivity contribution in [3.8, 4) is 0 Å². The summed E-state index contributed by atoms with van der Waals surface area (Å²) in [4.78, 5) is 19.5. The zero-order chi connectivity index (χ0) is 26.5. The number of aromatic nitrogens is 2. The second-order valence-electron chi connectivity index (χ2n) is 9.71. The summed E-state index contributed by atoms with van der Waals surface area (Å²) in [6.07, 6.45) is 3.18. The SMILES string of the molecule is Nc1cc(NC(=O)c2ccc(Cl)c(S(=O)(=O)C3CC4CCC(C3)C4(O)C(O)c3ncc[nH]3)c2)ccc1F. The zero-order valence-corrected chi connectivity index (χ0v) is 21.1. The Hall–Kier alpha value is -2.99. The van der Waals surface area contributed by atoms with E-state index in [9.17, 15) is 27.8 Å². The van der Waals surface area contributed by atoms with Crippen LogP contribution in [0.2, 0.25) is 5.02 Å². The Morgan fingerprint density at radius 3 is 2.54 bits per heavy atom. The number of aliphatic hydroxyl groups excluding tert-OH is 1. The second-order valence-corrected chi connectivity index (χ2v) is 12.3. The van der Waals surface area contributed by atoms with E-state index in [0.717, 1.165) is 6.07 Å². The largest absolute Gasteiger partial charge is 0.396 e. The second kappa shape index (κ2) is 9.39. The summed E-state index contributed by atoms with van der Waals surface area (Å²) in [6.45, 7) is 0. The van der Waals surface area contributed by atoms with Gasteiger partial charge in [-0.15, -0.1) is 0 Å². The maximum absolute atomic E-state index is 13.7. The number of anilines is 2. The van der Waals surface area contributed by atoms with Crippen LogP contribution in [-0.2, 0) is 9.84 Å². The lowest BCUT2D eigenvalue weighted by atomic mass is 9.71. The van der Waals surface area contributed by atoms with Crippen molar-refractivity contribution in [1.82, 2.24) is 9.97 Å². The van der Waals surface area contributed by atoms with E-state index < -0.39 is 50.4 Å². The van der Waals surface area contributed by atoms with Crippen molar-refractivity contribution in [2.45, 2.75) is 47.5 Å². The van der Waals surface area contributed by atoms with Gasteiger partial charge in [0.1, 0.15) is 23.3 Å². The maximum Gasteiger partial charge on any atom is 0.255 e. The van der Waals surface area contributed by atoms with E-state index in [2.05, 4.69) is 15.3 Å². The van der Waals surface area contributed by atoms with Crippen molar-refractivity contribution in [3.05, 3.63) is 71.0 Å². The van der Waals surface area contributed by atoms with E-state index in [1.807, 2.05) is 0 Å². The first-order chi connectivity index (χ1) is 17.5. The highest BCUT2D eigenvalue weighted by atomic mass is 35.5. The first kappa shape index (κ1) is 25.7. The molecule has 1 aromatic heterocycles. The van der Waals surface area contributed by atoms with Crippen LogP contribution < -0.4 is 11.1 Å². The highest BCUT2D eigenvalue weighted by Crippen LogP contribution is 2.56. The molecule has 0 radical (unpaired) electrons. The van der Waals surface area contributed by atoms with E-state index in [0.29, 0.717) is 12.8 Å². The molecule has 2 aliphatic rings. The van der Waals surface area contributed by atoms with E-state index >= 15 is 0 Å². The molecule has 12 heteroatoms. The van der Waals surface area contributed by atoms with Crippen molar-refractivity contribution in [3.63, 3.8) is 0 Å². The van der Waals surface area contributed by atoms with E-state index in [1.165, 1.54) is 36.5 Å². The third-order valence-electron chi connectivity index (χ3n) is 7.68. The number of halogens is 2. The number of carbonyl (C=O) groups excluding carboxylic acids is 1. The molecule has 1 heterocycles. The molecule has 2 aliphatic carbocycles. The van der Waals surface area contributed by atoms with Gasteiger partial charge in [-0.2, -0.15) is 0 Å². The predicted octanol–water partition coefficient (Wildman–Crippen LogP) is 3.46. The molecule has 1 amide bonds. The number of amides is 1. The summed E-state index contributed by atoms with van der Waals surface area (Å²) in [5, 5.41) is 24.1. The number of hydrogen-bond donors (Lipinski definition) is 5. The number of imidazole rings is 1. The summed E-state index contributed by atoms with van der Waals surface area (Å²) < 4.78 is 40.9. The van der Waals surface area contributed by atoms with Crippen molar-refractivity contribution in [2.75, 3.05) is 11.1 Å². The smallest absolute Gasteiger partial charge is 0.255 e. The summed E-state index contributed by atoms with van der Waals surface area (Å²) in [7, 11) is -3.99. The first-order valence-electron chi connectivity index (χ1n) is 11.8. The molecule has 5 rings (SSSR count). The van der Waals surface area contributed by atoms with Crippen molar-refractivity contribution in [2.24, 2.45) is 11.8 Å². The third kappa shape index (κ3) is 4.39. The van der Waals surface area contributed by atoms with Crippen LogP contribution in [0.15, 0.2) is 53.7 Å². The van der Waals surface area contributed by atoms with Gasteiger partial charge < -0.3 is 26.2 Å². The fourth-order valence-electron chi connectivity index (χ4n) is 5.76. The van der Waals surface area contributed by atoms with Gasteiger partial charge in [-0.1, -0.05) is 11.6 Å². The molecule has 2 aromatic carbocycles. The van der Waals surface area contributed by atoms with Gasteiger partial charge in [-0.25, -0.2) is 17.8 Å². The molecule has 2 bridgehead atoms. The molecule has 3 unspecified atom stereocenters. The molecule has 2 fully saturated rings. The Balaban J connectivity index is 1.39. The molecular weight excluding hydrogens is 523 g/mol. The maximum atomic E-state index is 13.7. The predicted molar refractivity (Wildman–Crippen MR) is 135 cm³/mol. The Labute approximate surface area is 217 Å². The van der Waals surface area contributed by atoms with Crippen LogP contribution >= 0.6 is 11.6 Å². The summed E-state index contributed by atoms with van der Waals surface area (Å²) in [5.74, 6) is -1.91. The Morgan fingerprint density at radius 1 is 1.22 bits per heavy atom. The first-order valence-corrected chi connectivity index (χ1v) is 13.7. The van der Waals surface area contributed by atoms with Crippen molar-refractivity contribution in [1.29, 1.82) is 0 Å². The van der Waals surface area contributed by atoms with Gasteiger partial charge in [0.15, 0.2) is 9.84 Å². The average Bonchev–Trinajstić information content (AvgIpc) is 3.43. The number of nitrogen functional groups attached to an aromatic ring is 1. The van der Waals surface area contributed by atoms with Crippen LogP contribution in [0, 0.1) is 17.7 Å². The minimum atomic E-state index is -3.99. The lowest BCUT2D eigenvalue weighted by Crippen LogP contribution is -2.52. The fraction of sp³-hybridized carbons (Fsp3) is 0.360. The highest BCUT2D eigenvalue weighted by molar-refractivity contribution is 7.92. The lowest BCUT2D eigenvalue weighted by Gasteiger charge is -2.44. The third-order valence-corrected chi connectivity index (χ3v) is 10.3. The molecule has 0 saturated heterocycles. The zero-order valence-electron chi connectivity index (χ0n) is 19.6. The minimum absolute atomic E-state index is 0.0219. The van der Waals surface area contributed by atoms with Crippen LogP contribution in [0.4, 0.5) is 15.8 Å².